The fourth-order valence-electron chi connectivity index (χ4n) is 2.77. The van der Waals surface area contributed by atoms with Gasteiger partial charge in [-0.3, -0.25) is 14.5 Å². The minimum Gasteiger partial charge on any atom is -0.503 e. The van der Waals surface area contributed by atoms with Gasteiger partial charge in [0.15, 0.2) is 11.5 Å². The van der Waals surface area contributed by atoms with Crippen molar-refractivity contribution in [1.29, 1.82) is 0 Å². The van der Waals surface area contributed by atoms with Crippen LogP contribution in [0, 0.1) is 0 Å². The Labute approximate surface area is 128 Å². The van der Waals surface area contributed by atoms with E-state index in [4.69, 9.17) is 0 Å². The zero-order valence-electron chi connectivity index (χ0n) is 12.1. The van der Waals surface area contributed by atoms with Gasteiger partial charge in [-0.1, -0.05) is 48.5 Å². The van der Waals surface area contributed by atoms with Crippen LogP contribution in [0.4, 0.5) is 5.69 Å². The molecule has 4 heteroatoms. The fourth-order valence-corrected chi connectivity index (χ4v) is 2.77. The molecule has 0 aromatic heterocycles. The molecule has 0 aliphatic carbocycles. The number of amides is 1. The summed E-state index contributed by atoms with van der Waals surface area (Å²) in [6.45, 7) is 1.36. The first-order valence-electron chi connectivity index (χ1n) is 6.99. The second-order valence-corrected chi connectivity index (χ2v) is 5.14. The highest BCUT2D eigenvalue weighted by Gasteiger charge is 2.43. The Balaban J connectivity index is 2.18. The average Bonchev–Trinajstić information content (AvgIpc) is 2.81. The highest BCUT2D eigenvalue weighted by Crippen LogP contribution is 2.40. The summed E-state index contributed by atoms with van der Waals surface area (Å²) >= 11 is 0. The molecule has 0 bridgehead atoms. The van der Waals surface area contributed by atoms with E-state index in [1.807, 2.05) is 48.5 Å². The third-order valence-electron chi connectivity index (χ3n) is 3.74. The first-order chi connectivity index (χ1) is 10.6. The van der Waals surface area contributed by atoms with Crippen molar-refractivity contribution in [3.63, 3.8) is 0 Å². The van der Waals surface area contributed by atoms with E-state index in [1.54, 1.807) is 12.1 Å². The maximum absolute atomic E-state index is 12.5. The molecule has 3 rings (SSSR count). The first-order valence-corrected chi connectivity index (χ1v) is 6.99. The first kappa shape index (κ1) is 14.1. The van der Waals surface area contributed by atoms with Gasteiger partial charge in [-0.25, -0.2) is 0 Å². The summed E-state index contributed by atoms with van der Waals surface area (Å²) in [6, 6.07) is 17.7. The maximum Gasteiger partial charge on any atom is 0.294 e. The Morgan fingerprint density at radius 3 is 2.09 bits per heavy atom. The lowest BCUT2D eigenvalue weighted by Crippen LogP contribution is -2.30. The number of nitrogens with zero attached hydrogens (tertiary/aromatic N) is 1. The lowest BCUT2D eigenvalue weighted by atomic mass is 9.96. The van der Waals surface area contributed by atoms with Crippen molar-refractivity contribution in [2.24, 2.45) is 0 Å². The van der Waals surface area contributed by atoms with E-state index in [2.05, 4.69) is 0 Å². The zero-order chi connectivity index (χ0) is 15.7. The molecule has 2 aromatic rings. The van der Waals surface area contributed by atoms with Crippen LogP contribution in [-0.4, -0.2) is 16.8 Å². The second-order valence-electron chi connectivity index (χ2n) is 5.14. The van der Waals surface area contributed by atoms with Crippen LogP contribution in [0.1, 0.15) is 18.5 Å². The van der Waals surface area contributed by atoms with Crippen LogP contribution in [0.3, 0.4) is 0 Å². The minimum absolute atomic E-state index is 0.139. The van der Waals surface area contributed by atoms with Crippen molar-refractivity contribution < 1.29 is 14.7 Å². The topological polar surface area (TPSA) is 57.6 Å². The lowest BCUT2D eigenvalue weighted by Gasteiger charge is -2.26. The summed E-state index contributed by atoms with van der Waals surface area (Å²) < 4.78 is 0. The molecular formula is C18H15NO3. The number of aliphatic hydroxyl groups is 1. The number of carbonyl (C=O) groups is 2. The maximum atomic E-state index is 12.5. The quantitative estimate of drug-likeness (QED) is 0.945. The molecule has 0 saturated heterocycles. The molecule has 4 nitrogen and oxygen atoms in total. The van der Waals surface area contributed by atoms with Crippen LogP contribution >= 0.6 is 0 Å². The van der Waals surface area contributed by atoms with Crippen molar-refractivity contribution in [3.05, 3.63) is 77.6 Å². The van der Waals surface area contributed by atoms with Crippen molar-refractivity contribution in [1.82, 2.24) is 0 Å². The highest BCUT2D eigenvalue weighted by molar-refractivity contribution is 6.16. The van der Waals surface area contributed by atoms with Crippen LogP contribution in [0.25, 0.3) is 0 Å². The number of rotatable bonds is 3. The number of carbonyl (C=O) groups excluding carboxylic acids is 2. The van der Waals surface area contributed by atoms with Gasteiger partial charge in [0.05, 0.1) is 11.6 Å². The van der Waals surface area contributed by atoms with Crippen molar-refractivity contribution in [3.8, 4) is 0 Å². The lowest BCUT2D eigenvalue weighted by molar-refractivity contribution is -0.117. The summed E-state index contributed by atoms with van der Waals surface area (Å²) in [6.07, 6.45) is 0. The van der Waals surface area contributed by atoms with E-state index in [0.717, 1.165) is 5.56 Å². The Hall–Kier alpha value is -2.88. The number of para-hydroxylation sites is 1. The molecule has 1 heterocycles. The molecule has 1 amide bonds. The highest BCUT2D eigenvalue weighted by atomic mass is 16.3. The molecule has 1 aliphatic heterocycles. The molecule has 110 valence electrons. The Bertz CT molecular complexity index is 750. The van der Waals surface area contributed by atoms with Gasteiger partial charge in [0.1, 0.15) is 0 Å². The molecule has 0 fully saturated rings. The van der Waals surface area contributed by atoms with Gasteiger partial charge >= 0.3 is 0 Å². The SMILES string of the molecule is CC(=O)C1=C(O)C(=O)N(c2ccccc2)[C@H]1c1ccccc1. The molecule has 2 aromatic carbocycles. The number of ketones is 1. The average molecular weight is 293 g/mol. The number of benzene rings is 2. The van der Waals surface area contributed by atoms with E-state index in [0.29, 0.717) is 5.69 Å². The molecule has 0 radical (unpaired) electrons. The van der Waals surface area contributed by atoms with Crippen LogP contribution in [0.15, 0.2) is 72.0 Å². The van der Waals surface area contributed by atoms with Crippen LogP contribution in [0.5, 0.6) is 0 Å². The van der Waals surface area contributed by atoms with Gasteiger partial charge < -0.3 is 5.11 Å². The molecule has 1 aliphatic rings. The Kier molecular flexibility index (Phi) is 3.51. The van der Waals surface area contributed by atoms with Crippen LogP contribution in [-0.2, 0) is 9.59 Å². The van der Waals surface area contributed by atoms with Gasteiger partial charge in [-0.2, -0.15) is 0 Å². The second kappa shape index (κ2) is 5.48. The Morgan fingerprint density at radius 1 is 1.00 bits per heavy atom. The molecule has 0 unspecified atom stereocenters. The fraction of sp³-hybridized carbons (Fsp3) is 0.111. The molecule has 1 atom stereocenters. The normalized spacial score (nSPS) is 18.0. The third kappa shape index (κ3) is 2.19. The summed E-state index contributed by atoms with van der Waals surface area (Å²) in [5.41, 5.74) is 1.57. The van der Waals surface area contributed by atoms with Crippen molar-refractivity contribution >= 4 is 17.4 Å². The van der Waals surface area contributed by atoms with E-state index in [1.165, 1.54) is 11.8 Å². The van der Waals surface area contributed by atoms with Crippen molar-refractivity contribution in [2.45, 2.75) is 13.0 Å². The summed E-state index contributed by atoms with van der Waals surface area (Å²) in [5, 5.41) is 10.2. The van der Waals surface area contributed by atoms with E-state index < -0.39 is 17.7 Å². The van der Waals surface area contributed by atoms with Gasteiger partial charge in [-0.05, 0) is 24.6 Å². The monoisotopic (exact) mass is 293 g/mol. The molecule has 1 N–H and O–H groups in total. The van der Waals surface area contributed by atoms with E-state index >= 15 is 0 Å². The van der Waals surface area contributed by atoms with E-state index in [9.17, 15) is 14.7 Å². The molecule has 0 spiro atoms. The van der Waals surface area contributed by atoms with Crippen LogP contribution < -0.4 is 4.90 Å². The molecular weight excluding hydrogens is 278 g/mol. The number of Topliss-reactive ketones (excluding diaryl/α,β-unsaturated/α-hetero) is 1. The molecule has 22 heavy (non-hydrogen) atoms. The van der Waals surface area contributed by atoms with Gasteiger partial charge in [-0.15, -0.1) is 0 Å². The largest absolute Gasteiger partial charge is 0.503 e. The summed E-state index contributed by atoms with van der Waals surface area (Å²) in [4.78, 5) is 25.9. The van der Waals surface area contributed by atoms with Gasteiger partial charge in [0.2, 0.25) is 0 Å². The van der Waals surface area contributed by atoms with Gasteiger partial charge in [0, 0.05) is 5.69 Å². The zero-order valence-corrected chi connectivity index (χ0v) is 12.1. The summed E-state index contributed by atoms with van der Waals surface area (Å²) in [7, 11) is 0. The van der Waals surface area contributed by atoms with E-state index in [-0.39, 0.29) is 11.4 Å². The van der Waals surface area contributed by atoms with Gasteiger partial charge in [0.25, 0.3) is 5.91 Å². The number of hydrogen-bond donors (Lipinski definition) is 1. The number of anilines is 1. The predicted octanol–water partition coefficient (Wildman–Crippen LogP) is 3.18. The predicted molar refractivity (Wildman–Crippen MR) is 83.4 cm³/mol. The minimum atomic E-state index is -0.603. The van der Waals surface area contributed by atoms with Crippen LogP contribution in [0.2, 0.25) is 0 Å². The summed E-state index contributed by atoms with van der Waals surface area (Å²) in [5.74, 6) is -1.33. The Morgan fingerprint density at radius 2 is 1.55 bits per heavy atom. The smallest absolute Gasteiger partial charge is 0.294 e. The number of hydrogen-bond acceptors (Lipinski definition) is 3. The third-order valence-corrected chi connectivity index (χ3v) is 3.74. The van der Waals surface area contributed by atoms with Crippen molar-refractivity contribution in [2.75, 3.05) is 4.90 Å². The number of aliphatic hydroxyl groups excluding tert-OH is 1. The standard InChI is InChI=1S/C18H15NO3/c1-12(20)15-16(13-8-4-2-5-9-13)19(18(22)17(15)21)14-10-6-3-7-11-14/h2-11,16,21H,1H3/t16-/m0/s1. The molecule has 0 saturated carbocycles.